The van der Waals surface area contributed by atoms with Crippen LogP contribution in [-0.4, -0.2) is 6.71 Å². The van der Waals surface area contributed by atoms with Crippen LogP contribution in [0.1, 0.15) is 22.3 Å². The second kappa shape index (κ2) is 12.1. The smallest absolute Gasteiger partial charge is 0.206 e. The molecule has 17 heteroatoms. The van der Waals surface area contributed by atoms with Crippen LogP contribution in [0.4, 0.5) is 70.2 Å². The molecule has 278 valence electrons. The molecule has 0 nitrogen and oxygen atoms in total. The van der Waals surface area contributed by atoms with Gasteiger partial charge >= 0.3 is 5.92 Å². The van der Waals surface area contributed by atoms with Crippen LogP contribution in [0.3, 0.4) is 0 Å². The molecule has 0 saturated heterocycles. The summed E-state index contributed by atoms with van der Waals surface area (Å²) in [7, 11) is 0. The summed E-state index contributed by atoms with van der Waals surface area (Å²) in [5, 5.41) is 0. The Morgan fingerprint density at radius 2 is 0.964 bits per heavy atom. The van der Waals surface area contributed by atoms with Crippen LogP contribution < -0.4 is 16.4 Å². The van der Waals surface area contributed by atoms with E-state index in [1.54, 1.807) is 0 Å². The van der Waals surface area contributed by atoms with Crippen molar-refractivity contribution in [1.82, 2.24) is 0 Å². The van der Waals surface area contributed by atoms with Crippen molar-refractivity contribution in [2.45, 2.75) is 12.3 Å². The molecule has 0 aliphatic heterocycles. The van der Waals surface area contributed by atoms with Gasteiger partial charge in [0.25, 0.3) is 6.71 Å². The predicted octanol–water partition coefficient (Wildman–Crippen LogP) is 9.51. The standard InChI is InChI=1S/C38H11BF16/c40-16-7-3-4-11-10-14-19(18(11)16)28(44)34(50)32(48)24(14)39(15-6-2-1-5-12(15)13-8-9-17(41)27(43)26(13)42)25-22-20(29(45)35(51)33(25)49)21-23(38(22,54)55)31(47)37(53)36(52)30(21)46/h1-9H,10H2. The topological polar surface area (TPSA) is 0 Å². The molecule has 55 heavy (non-hydrogen) atoms. The lowest BCUT2D eigenvalue weighted by Crippen LogP contribution is -2.59. The monoisotopic (exact) mass is 782 g/mol. The molecule has 0 heterocycles. The van der Waals surface area contributed by atoms with Crippen LogP contribution >= 0.6 is 0 Å². The van der Waals surface area contributed by atoms with E-state index in [4.69, 9.17) is 0 Å². The van der Waals surface area contributed by atoms with E-state index in [-0.39, 0.29) is 5.56 Å². The van der Waals surface area contributed by atoms with Crippen LogP contribution in [0, 0.1) is 81.4 Å². The number of halogens is 16. The second-order valence-electron chi connectivity index (χ2n) is 12.6. The lowest BCUT2D eigenvalue weighted by Gasteiger charge is -2.27. The molecule has 0 aromatic heterocycles. The SMILES string of the molecule is Fc1ccc(-c2ccccc2B(c2c(F)c(F)c(F)c3c2Cc2cccc(F)c2-3)c2c(F)c(F)c(F)c3c2C(F)(F)c2c(F)c(F)c(F)c(F)c2-3)c(F)c1F. The fraction of sp³-hybridized carbons (Fsp3) is 0.0526. The van der Waals surface area contributed by atoms with E-state index in [2.05, 4.69) is 0 Å². The minimum atomic E-state index is -5.39. The molecule has 0 bridgehead atoms. The van der Waals surface area contributed by atoms with Crippen LogP contribution in [0.5, 0.6) is 0 Å². The third kappa shape index (κ3) is 4.70. The molecule has 8 rings (SSSR count). The molecule has 0 spiro atoms. The first kappa shape index (κ1) is 36.3. The molecule has 0 saturated carbocycles. The fourth-order valence-electron chi connectivity index (χ4n) is 7.64. The Hall–Kier alpha value is -5.74. The first-order chi connectivity index (χ1) is 25.9. The highest BCUT2D eigenvalue weighted by molar-refractivity contribution is 6.97. The Morgan fingerprint density at radius 1 is 0.400 bits per heavy atom. The van der Waals surface area contributed by atoms with E-state index in [1.807, 2.05) is 0 Å². The van der Waals surface area contributed by atoms with Gasteiger partial charge in [-0.05, 0) is 52.2 Å². The van der Waals surface area contributed by atoms with Crippen molar-refractivity contribution in [2.24, 2.45) is 0 Å². The van der Waals surface area contributed by atoms with Gasteiger partial charge in [0.05, 0.1) is 5.56 Å². The number of hydrogen-bond acceptors (Lipinski definition) is 0. The Labute approximate surface area is 297 Å². The lowest BCUT2D eigenvalue weighted by molar-refractivity contribution is 0.0435. The van der Waals surface area contributed by atoms with Gasteiger partial charge in [0, 0.05) is 33.4 Å². The quantitative estimate of drug-likeness (QED) is 0.0723. The van der Waals surface area contributed by atoms with Crippen molar-refractivity contribution in [1.29, 1.82) is 0 Å². The summed E-state index contributed by atoms with van der Waals surface area (Å²) in [6, 6.07) is 7.51. The van der Waals surface area contributed by atoms with Crippen LogP contribution in [-0.2, 0) is 12.3 Å². The number of rotatable bonds is 4. The summed E-state index contributed by atoms with van der Waals surface area (Å²) in [5.74, 6) is -38.7. The minimum absolute atomic E-state index is 0.192. The zero-order valence-corrected chi connectivity index (χ0v) is 26.5. The van der Waals surface area contributed by atoms with E-state index < -0.39 is 167 Å². The number of fused-ring (bicyclic) bond motifs is 6. The van der Waals surface area contributed by atoms with Gasteiger partial charge in [-0.1, -0.05) is 41.9 Å². The molecule has 6 aromatic rings. The van der Waals surface area contributed by atoms with Gasteiger partial charge in [-0.2, -0.15) is 8.78 Å². The molecule has 0 atom stereocenters. The summed E-state index contributed by atoms with van der Waals surface area (Å²) in [4.78, 5) is 0. The second-order valence-corrected chi connectivity index (χ2v) is 12.6. The van der Waals surface area contributed by atoms with E-state index in [1.165, 1.54) is 0 Å². The average molecular weight is 782 g/mol. The third-order valence-corrected chi connectivity index (χ3v) is 9.87. The molecular formula is C38H11BF16. The van der Waals surface area contributed by atoms with Gasteiger partial charge in [0.2, 0.25) is 0 Å². The van der Waals surface area contributed by atoms with Crippen molar-refractivity contribution >= 4 is 23.1 Å². The first-order valence-corrected chi connectivity index (χ1v) is 15.6. The highest BCUT2D eigenvalue weighted by atomic mass is 19.3. The normalized spacial score (nSPS) is 13.5. The third-order valence-electron chi connectivity index (χ3n) is 9.87. The molecule has 0 N–H and O–H groups in total. The first-order valence-electron chi connectivity index (χ1n) is 15.6. The molecular weight excluding hydrogens is 771 g/mol. The van der Waals surface area contributed by atoms with Gasteiger partial charge in [-0.25, -0.2) is 61.5 Å². The highest BCUT2D eigenvalue weighted by Crippen LogP contribution is 2.55. The van der Waals surface area contributed by atoms with Crippen LogP contribution in [0.15, 0.2) is 54.6 Å². The number of benzene rings is 6. The zero-order chi connectivity index (χ0) is 39.7. The Morgan fingerprint density at radius 3 is 1.64 bits per heavy atom. The maximum absolute atomic E-state index is 16.6. The van der Waals surface area contributed by atoms with E-state index in [0.29, 0.717) is 12.1 Å². The summed E-state index contributed by atoms with van der Waals surface area (Å²) < 4.78 is 248. The number of hydrogen-bond donors (Lipinski definition) is 0. The maximum atomic E-state index is 16.6. The van der Waals surface area contributed by atoms with Crippen molar-refractivity contribution in [2.75, 3.05) is 0 Å². The highest BCUT2D eigenvalue weighted by Gasteiger charge is 2.56. The van der Waals surface area contributed by atoms with Crippen molar-refractivity contribution in [3.8, 4) is 33.4 Å². The molecule has 6 aromatic carbocycles. The van der Waals surface area contributed by atoms with Gasteiger partial charge in [-0.3, -0.25) is 0 Å². The average Bonchev–Trinajstić information content (AvgIpc) is 3.66. The van der Waals surface area contributed by atoms with Gasteiger partial charge in [0.15, 0.2) is 75.6 Å². The summed E-state index contributed by atoms with van der Waals surface area (Å²) in [6.07, 6.45) is -0.798. The van der Waals surface area contributed by atoms with Crippen molar-refractivity contribution < 1.29 is 70.2 Å². The number of alkyl halides is 2. The molecule has 2 aliphatic carbocycles. The fourth-order valence-corrected chi connectivity index (χ4v) is 7.64. The maximum Gasteiger partial charge on any atom is 0.302 e. The largest absolute Gasteiger partial charge is 0.302 e. The Bertz CT molecular complexity index is 2720. The predicted molar refractivity (Wildman–Crippen MR) is 166 cm³/mol. The minimum Gasteiger partial charge on any atom is -0.206 e. The Balaban J connectivity index is 1.60. The van der Waals surface area contributed by atoms with Gasteiger partial charge in [0.1, 0.15) is 5.82 Å². The summed E-state index contributed by atoms with van der Waals surface area (Å²) >= 11 is 0. The van der Waals surface area contributed by atoms with Gasteiger partial charge < -0.3 is 0 Å². The van der Waals surface area contributed by atoms with Gasteiger partial charge in [-0.15, -0.1) is 0 Å². The van der Waals surface area contributed by atoms with E-state index in [9.17, 15) is 17.6 Å². The van der Waals surface area contributed by atoms with Crippen LogP contribution in [0.2, 0.25) is 0 Å². The molecule has 2 aliphatic rings. The van der Waals surface area contributed by atoms with Crippen LogP contribution in [0.25, 0.3) is 33.4 Å². The van der Waals surface area contributed by atoms with Crippen molar-refractivity contribution in [3.63, 3.8) is 0 Å². The Kier molecular flexibility index (Phi) is 8.00. The molecule has 0 amide bonds. The van der Waals surface area contributed by atoms with E-state index >= 15 is 52.7 Å². The van der Waals surface area contributed by atoms with Crippen molar-refractivity contribution in [3.05, 3.63) is 158 Å². The zero-order valence-electron chi connectivity index (χ0n) is 26.5. The molecule has 0 fully saturated rings. The molecule has 0 unspecified atom stereocenters. The summed E-state index contributed by atoms with van der Waals surface area (Å²) in [6.45, 7) is -2.95. The molecule has 0 radical (unpaired) electrons. The lowest BCUT2D eigenvalue weighted by atomic mass is 9.34. The van der Waals surface area contributed by atoms with E-state index in [0.717, 1.165) is 42.5 Å². The summed E-state index contributed by atoms with van der Waals surface area (Å²) in [5.41, 5.74) is -17.9.